The summed E-state index contributed by atoms with van der Waals surface area (Å²) in [6, 6.07) is 74.3. The van der Waals surface area contributed by atoms with E-state index in [1.807, 2.05) is 36.4 Å². The Balaban J connectivity index is 1.11. The maximum atomic E-state index is 8.26. The van der Waals surface area contributed by atoms with Gasteiger partial charge in [-0.1, -0.05) is 194 Å². The first kappa shape index (κ1) is 33.9. The number of aromatic nitrogens is 2. The Hall–Kier alpha value is -7.67. The molecule has 0 saturated heterocycles. The molecule has 0 fully saturated rings. The van der Waals surface area contributed by atoms with Crippen molar-refractivity contribution < 1.29 is 0 Å². The zero-order valence-electron chi connectivity index (χ0n) is 31.0. The molecule has 0 spiro atoms. The molecule has 57 heavy (non-hydrogen) atoms. The van der Waals surface area contributed by atoms with Crippen LogP contribution in [-0.2, 0) is 5.41 Å². The highest BCUT2D eigenvalue weighted by atomic mass is 14.9. The number of nitrogens with zero attached hydrogens (tertiary/aromatic N) is 3. The van der Waals surface area contributed by atoms with Crippen LogP contribution in [0.4, 0.5) is 5.69 Å². The number of fused-ring (bicyclic) bond motifs is 3. The van der Waals surface area contributed by atoms with Crippen LogP contribution >= 0.6 is 0 Å². The van der Waals surface area contributed by atoms with E-state index in [4.69, 9.17) is 16.5 Å². The quantitative estimate of drug-likeness (QED) is 0.153. The number of benzene rings is 8. The van der Waals surface area contributed by atoms with E-state index in [-0.39, 0.29) is 0 Å². The molecule has 1 aliphatic carbocycles. The lowest BCUT2D eigenvalue weighted by molar-refractivity contribution is 0.769. The lowest BCUT2D eigenvalue weighted by Gasteiger charge is -2.34. The molecule has 9 aromatic rings. The molecule has 0 unspecified atom stereocenters. The lowest BCUT2D eigenvalue weighted by atomic mass is 9.67. The van der Waals surface area contributed by atoms with Gasteiger partial charge < -0.3 is 0 Å². The molecule has 0 N–H and O–H groups in total. The van der Waals surface area contributed by atoms with E-state index in [9.17, 15) is 0 Å². The summed E-state index contributed by atoms with van der Waals surface area (Å²) in [5, 5.41) is 0. The molecule has 1 aromatic heterocycles. The molecular formula is C54H35N3. The van der Waals surface area contributed by atoms with Gasteiger partial charge in [0, 0.05) is 16.7 Å². The van der Waals surface area contributed by atoms with E-state index < -0.39 is 5.41 Å². The second-order valence-electron chi connectivity index (χ2n) is 14.4. The Morgan fingerprint density at radius 2 is 0.860 bits per heavy atom. The van der Waals surface area contributed by atoms with Crippen molar-refractivity contribution in [2.75, 3.05) is 0 Å². The topological polar surface area (TPSA) is 30.1 Å². The van der Waals surface area contributed by atoms with Gasteiger partial charge in [-0.2, -0.15) is 0 Å². The summed E-state index contributed by atoms with van der Waals surface area (Å²) in [6.45, 7) is 8.26. The largest absolute Gasteiger partial charge is 0.238 e. The Morgan fingerprint density at radius 1 is 0.368 bits per heavy atom. The first-order valence-electron chi connectivity index (χ1n) is 19.2. The molecule has 0 atom stereocenters. The van der Waals surface area contributed by atoms with Gasteiger partial charge in [0.05, 0.1) is 23.4 Å². The third-order valence-electron chi connectivity index (χ3n) is 11.2. The fourth-order valence-electron chi connectivity index (χ4n) is 8.58. The van der Waals surface area contributed by atoms with Crippen LogP contribution in [0.15, 0.2) is 212 Å². The normalized spacial score (nSPS) is 12.3. The van der Waals surface area contributed by atoms with Crippen molar-refractivity contribution in [1.82, 2.24) is 9.97 Å². The molecule has 0 amide bonds. The Labute approximate surface area is 333 Å². The van der Waals surface area contributed by atoms with Crippen LogP contribution in [0, 0.1) is 6.57 Å². The Kier molecular flexibility index (Phi) is 8.43. The SMILES string of the molecule is [C-]#[N+]c1cccc2c1-c1cc(-c3cccc(-c4cc(-c5ccc(-c6ccccc6)cc5)nc(-c5ccccc5)n4)c3)ccc1C2(c1ccccc1)c1ccccc1. The lowest BCUT2D eigenvalue weighted by Crippen LogP contribution is -2.28. The first-order valence-corrected chi connectivity index (χ1v) is 19.2. The van der Waals surface area contributed by atoms with Crippen molar-refractivity contribution in [2.45, 2.75) is 5.41 Å². The molecule has 3 nitrogen and oxygen atoms in total. The molecule has 0 saturated carbocycles. The fourth-order valence-corrected chi connectivity index (χ4v) is 8.58. The predicted molar refractivity (Wildman–Crippen MR) is 233 cm³/mol. The standard InChI is InChI=1S/C54H35N3/c1-55-49-27-15-26-48-52(49)46-35-42(32-33-47(46)54(48,44-22-10-4-11-23-44)45-24-12-5-13-25-45)41-20-14-21-43(34-41)51-36-50(56-53(57-51)40-18-8-3-9-19-40)39-30-28-38(29-31-39)37-16-6-2-7-17-37/h2-36H. The molecule has 1 heterocycles. The van der Waals surface area contributed by atoms with Crippen molar-refractivity contribution >= 4 is 5.69 Å². The van der Waals surface area contributed by atoms with Crippen molar-refractivity contribution in [3.63, 3.8) is 0 Å². The fraction of sp³-hybridized carbons (Fsp3) is 0.0185. The summed E-state index contributed by atoms with van der Waals surface area (Å²) in [6.07, 6.45) is 0. The third kappa shape index (κ3) is 5.84. The van der Waals surface area contributed by atoms with E-state index in [1.165, 1.54) is 22.3 Å². The van der Waals surface area contributed by atoms with Crippen LogP contribution in [0.5, 0.6) is 0 Å². The molecule has 0 bridgehead atoms. The average molecular weight is 726 g/mol. The van der Waals surface area contributed by atoms with Gasteiger partial charge in [0.2, 0.25) is 0 Å². The van der Waals surface area contributed by atoms with Crippen LogP contribution in [0.2, 0.25) is 0 Å². The Bertz CT molecular complexity index is 2890. The second kappa shape index (κ2) is 14.2. The van der Waals surface area contributed by atoms with Gasteiger partial charge in [0.1, 0.15) is 0 Å². The van der Waals surface area contributed by atoms with Gasteiger partial charge in [-0.05, 0) is 73.8 Å². The van der Waals surface area contributed by atoms with Crippen LogP contribution in [0.25, 0.3) is 72.1 Å². The van der Waals surface area contributed by atoms with E-state index >= 15 is 0 Å². The maximum absolute atomic E-state index is 8.26. The monoisotopic (exact) mass is 725 g/mol. The highest BCUT2D eigenvalue weighted by Crippen LogP contribution is 2.59. The molecule has 266 valence electrons. The molecule has 1 aliphatic rings. The van der Waals surface area contributed by atoms with Gasteiger partial charge in [0.25, 0.3) is 0 Å². The molecule has 0 aliphatic heterocycles. The number of hydrogen-bond donors (Lipinski definition) is 0. The van der Waals surface area contributed by atoms with Crippen LogP contribution in [0.1, 0.15) is 22.3 Å². The van der Waals surface area contributed by atoms with Gasteiger partial charge >= 0.3 is 0 Å². The zero-order valence-corrected chi connectivity index (χ0v) is 31.0. The molecule has 3 heteroatoms. The van der Waals surface area contributed by atoms with E-state index in [0.29, 0.717) is 11.5 Å². The third-order valence-corrected chi connectivity index (χ3v) is 11.2. The van der Waals surface area contributed by atoms with E-state index in [1.54, 1.807) is 0 Å². The summed E-state index contributed by atoms with van der Waals surface area (Å²) in [4.78, 5) is 14.3. The van der Waals surface area contributed by atoms with E-state index in [2.05, 4.69) is 181 Å². The van der Waals surface area contributed by atoms with Crippen LogP contribution in [-0.4, -0.2) is 9.97 Å². The van der Waals surface area contributed by atoms with Crippen molar-refractivity contribution in [3.05, 3.63) is 246 Å². The predicted octanol–water partition coefficient (Wildman–Crippen LogP) is 13.7. The Morgan fingerprint density at radius 3 is 1.51 bits per heavy atom. The molecular weight excluding hydrogens is 691 g/mol. The zero-order chi connectivity index (χ0) is 38.2. The summed E-state index contributed by atoms with van der Waals surface area (Å²) < 4.78 is 0. The minimum atomic E-state index is -0.571. The van der Waals surface area contributed by atoms with Crippen LogP contribution < -0.4 is 0 Å². The van der Waals surface area contributed by atoms with Crippen molar-refractivity contribution in [1.29, 1.82) is 0 Å². The smallest absolute Gasteiger partial charge is 0.195 e. The minimum absolute atomic E-state index is 0.571. The van der Waals surface area contributed by atoms with Gasteiger partial charge in [0.15, 0.2) is 11.5 Å². The highest BCUT2D eigenvalue weighted by Gasteiger charge is 2.46. The highest BCUT2D eigenvalue weighted by molar-refractivity contribution is 5.95. The molecule has 0 radical (unpaired) electrons. The number of rotatable bonds is 7. The summed E-state index contributed by atoms with van der Waals surface area (Å²) >= 11 is 0. The molecule has 8 aromatic carbocycles. The van der Waals surface area contributed by atoms with Gasteiger partial charge in [-0.25, -0.2) is 14.8 Å². The first-order chi connectivity index (χ1) is 28.2. The van der Waals surface area contributed by atoms with Crippen molar-refractivity contribution in [3.8, 4) is 67.3 Å². The maximum Gasteiger partial charge on any atom is 0.195 e. The molecule has 10 rings (SSSR count). The van der Waals surface area contributed by atoms with Gasteiger partial charge in [-0.3, -0.25) is 0 Å². The van der Waals surface area contributed by atoms with Gasteiger partial charge in [-0.15, -0.1) is 0 Å². The minimum Gasteiger partial charge on any atom is -0.238 e. The van der Waals surface area contributed by atoms with Crippen LogP contribution in [0.3, 0.4) is 0 Å². The number of hydrogen-bond acceptors (Lipinski definition) is 2. The van der Waals surface area contributed by atoms with Crippen molar-refractivity contribution in [2.24, 2.45) is 0 Å². The summed E-state index contributed by atoms with van der Waals surface area (Å²) in [5.74, 6) is 0.680. The summed E-state index contributed by atoms with van der Waals surface area (Å²) in [7, 11) is 0. The second-order valence-corrected chi connectivity index (χ2v) is 14.4. The summed E-state index contributed by atoms with van der Waals surface area (Å²) in [5.41, 5.74) is 16.0. The van der Waals surface area contributed by atoms with E-state index in [0.717, 1.165) is 61.5 Å². The average Bonchev–Trinajstić information content (AvgIpc) is 3.61.